The topological polar surface area (TPSA) is 12.0 Å². The Balaban J connectivity index is 2.55. The maximum Gasteiger partial charge on any atom is 0.0353 e. The Bertz CT molecular complexity index is 299. The molecule has 0 aliphatic rings. The van der Waals surface area contributed by atoms with Crippen molar-refractivity contribution in [2.75, 3.05) is 11.6 Å². The number of rotatable bonds is 7. The SMILES string of the molecule is CCCCC(CC)Nc1cccc(SC)c1. The first-order valence-electron chi connectivity index (χ1n) is 6.20. The predicted molar refractivity (Wildman–Crippen MR) is 75.4 cm³/mol. The van der Waals surface area contributed by atoms with Crippen molar-refractivity contribution in [3.63, 3.8) is 0 Å². The minimum absolute atomic E-state index is 0.622. The Hall–Kier alpha value is -0.630. The quantitative estimate of drug-likeness (QED) is 0.684. The Morgan fingerprint density at radius 1 is 1.31 bits per heavy atom. The molecule has 1 aromatic carbocycles. The van der Waals surface area contributed by atoms with Crippen molar-refractivity contribution in [2.45, 2.75) is 50.5 Å². The van der Waals surface area contributed by atoms with Gasteiger partial charge in [-0.3, -0.25) is 0 Å². The molecule has 1 unspecified atom stereocenters. The monoisotopic (exact) mass is 237 g/mol. The normalized spacial score (nSPS) is 12.4. The molecule has 0 aromatic heterocycles. The fourth-order valence-corrected chi connectivity index (χ4v) is 2.24. The van der Waals surface area contributed by atoms with Crippen LogP contribution in [0.5, 0.6) is 0 Å². The van der Waals surface area contributed by atoms with E-state index >= 15 is 0 Å². The van der Waals surface area contributed by atoms with Crippen molar-refractivity contribution < 1.29 is 0 Å². The Kier molecular flexibility index (Phi) is 6.39. The van der Waals surface area contributed by atoms with Gasteiger partial charge in [-0.25, -0.2) is 0 Å². The summed E-state index contributed by atoms with van der Waals surface area (Å²) < 4.78 is 0. The molecule has 1 N–H and O–H groups in total. The maximum atomic E-state index is 3.62. The van der Waals surface area contributed by atoms with Crippen molar-refractivity contribution in [1.82, 2.24) is 0 Å². The summed E-state index contributed by atoms with van der Waals surface area (Å²) in [5.41, 5.74) is 1.26. The molecule has 0 spiro atoms. The van der Waals surface area contributed by atoms with Crippen LogP contribution < -0.4 is 5.32 Å². The lowest BCUT2D eigenvalue weighted by molar-refractivity contribution is 0.593. The fraction of sp³-hybridized carbons (Fsp3) is 0.571. The van der Waals surface area contributed by atoms with Gasteiger partial charge >= 0.3 is 0 Å². The molecule has 1 atom stereocenters. The molecule has 0 fully saturated rings. The van der Waals surface area contributed by atoms with Crippen LogP contribution in [0.1, 0.15) is 39.5 Å². The number of benzene rings is 1. The lowest BCUT2D eigenvalue weighted by atomic mass is 10.1. The van der Waals surface area contributed by atoms with Gasteiger partial charge in [0.15, 0.2) is 0 Å². The molecule has 0 aliphatic heterocycles. The third-order valence-corrected chi connectivity index (χ3v) is 3.56. The summed E-state index contributed by atoms with van der Waals surface area (Å²) in [5, 5.41) is 3.62. The predicted octanol–water partition coefficient (Wildman–Crippen LogP) is 4.79. The van der Waals surface area contributed by atoms with E-state index < -0.39 is 0 Å². The zero-order chi connectivity index (χ0) is 11.8. The molecule has 0 radical (unpaired) electrons. The van der Waals surface area contributed by atoms with Crippen molar-refractivity contribution >= 4 is 17.4 Å². The van der Waals surface area contributed by atoms with Crippen molar-refractivity contribution in [3.05, 3.63) is 24.3 Å². The number of hydrogen-bond acceptors (Lipinski definition) is 2. The molecule has 2 heteroatoms. The molecule has 1 rings (SSSR count). The van der Waals surface area contributed by atoms with E-state index in [1.807, 2.05) is 0 Å². The highest BCUT2D eigenvalue weighted by Gasteiger charge is 2.05. The second-order valence-corrected chi connectivity index (χ2v) is 5.00. The third kappa shape index (κ3) is 4.48. The third-order valence-electron chi connectivity index (χ3n) is 2.84. The van der Waals surface area contributed by atoms with Crippen molar-refractivity contribution in [3.8, 4) is 0 Å². The zero-order valence-electron chi connectivity index (χ0n) is 10.6. The zero-order valence-corrected chi connectivity index (χ0v) is 11.4. The number of thioether (sulfide) groups is 1. The lowest BCUT2D eigenvalue weighted by Gasteiger charge is -2.18. The highest BCUT2D eigenvalue weighted by molar-refractivity contribution is 7.98. The van der Waals surface area contributed by atoms with E-state index in [9.17, 15) is 0 Å². The van der Waals surface area contributed by atoms with Gasteiger partial charge in [-0.1, -0.05) is 32.8 Å². The molecule has 0 saturated heterocycles. The highest BCUT2D eigenvalue weighted by Crippen LogP contribution is 2.20. The minimum Gasteiger partial charge on any atom is -0.382 e. The van der Waals surface area contributed by atoms with E-state index in [1.165, 1.54) is 36.3 Å². The van der Waals surface area contributed by atoms with Crippen LogP contribution in [0.3, 0.4) is 0 Å². The molecule has 0 bridgehead atoms. The van der Waals surface area contributed by atoms with Crippen LogP contribution in [-0.4, -0.2) is 12.3 Å². The van der Waals surface area contributed by atoms with Crippen LogP contribution >= 0.6 is 11.8 Å². The number of hydrogen-bond donors (Lipinski definition) is 1. The fourth-order valence-electron chi connectivity index (χ4n) is 1.78. The Labute approximate surface area is 104 Å². The van der Waals surface area contributed by atoms with Gasteiger partial charge in [0.05, 0.1) is 0 Å². The Morgan fingerprint density at radius 2 is 2.12 bits per heavy atom. The lowest BCUT2D eigenvalue weighted by Crippen LogP contribution is -2.18. The highest BCUT2D eigenvalue weighted by atomic mass is 32.2. The van der Waals surface area contributed by atoms with Crippen LogP contribution in [0.15, 0.2) is 29.2 Å². The van der Waals surface area contributed by atoms with E-state index in [0.29, 0.717) is 6.04 Å². The van der Waals surface area contributed by atoms with E-state index in [4.69, 9.17) is 0 Å². The van der Waals surface area contributed by atoms with Crippen molar-refractivity contribution in [1.29, 1.82) is 0 Å². The summed E-state index contributed by atoms with van der Waals surface area (Å²) in [6, 6.07) is 9.30. The van der Waals surface area contributed by atoms with Gasteiger partial charge in [0.2, 0.25) is 0 Å². The molecule has 1 nitrogen and oxygen atoms in total. The summed E-state index contributed by atoms with van der Waals surface area (Å²) in [7, 11) is 0. The van der Waals surface area contributed by atoms with Crippen LogP contribution in [0, 0.1) is 0 Å². The standard InChI is InChI=1S/C14H23NS/c1-4-6-8-12(5-2)15-13-9-7-10-14(11-13)16-3/h7,9-12,15H,4-6,8H2,1-3H3. The second kappa shape index (κ2) is 7.61. The van der Waals surface area contributed by atoms with Crippen LogP contribution in [-0.2, 0) is 0 Å². The molecular weight excluding hydrogens is 214 g/mol. The number of unbranched alkanes of at least 4 members (excludes halogenated alkanes) is 1. The van der Waals surface area contributed by atoms with E-state index in [-0.39, 0.29) is 0 Å². The summed E-state index contributed by atoms with van der Waals surface area (Å²) in [6.07, 6.45) is 7.18. The average molecular weight is 237 g/mol. The number of nitrogens with one attached hydrogen (secondary N) is 1. The van der Waals surface area contributed by atoms with Gasteiger partial charge in [0.25, 0.3) is 0 Å². The molecular formula is C14H23NS. The molecule has 16 heavy (non-hydrogen) atoms. The first kappa shape index (κ1) is 13.4. The largest absolute Gasteiger partial charge is 0.382 e. The van der Waals surface area contributed by atoms with Gasteiger partial charge in [0.1, 0.15) is 0 Å². The average Bonchev–Trinajstić information content (AvgIpc) is 2.34. The first-order chi connectivity index (χ1) is 7.80. The smallest absolute Gasteiger partial charge is 0.0353 e. The van der Waals surface area contributed by atoms with Crippen molar-refractivity contribution in [2.24, 2.45) is 0 Å². The molecule has 0 heterocycles. The summed E-state index contributed by atoms with van der Waals surface area (Å²) in [4.78, 5) is 1.33. The summed E-state index contributed by atoms with van der Waals surface area (Å²) >= 11 is 1.80. The summed E-state index contributed by atoms with van der Waals surface area (Å²) in [6.45, 7) is 4.51. The van der Waals surface area contributed by atoms with Crippen LogP contribution in [0.2, 0.25) is 0 Å². The maximum absolute atomic E-state index is 3.62. The van der Waals surface area contributed by atoms with Gasteiger partial charge in [-0.15, -0.1) is 11.8 Å². The van der Waals surface area contributed by atoms with Gasteiger partial charge in [-0.2, -0.15) is 0 Å². The minimum atomic E-state index is 0.622. The number of anilines is 1. The second-order valence-electron chi connectivity index (χ2n) is 4.12. The first-order valence-corrected chi connectivity index (χ1v) is 7.43. The van der Waals surface area contributed by atoms with E-state index in [2.05, 4.69) is 49.7 Å². The molecule has 0 amide bonds. The molecule has 90 valence electrons. The van der Waals surface area contributed by atoms with Gasteiger partial charge in [-0.05, 0) is 37.3 Å². The molecule has 0 saturated carbocycles. The van der Waals surface area contributed by atoms with Crippen LogP contribution in [0.25, 0.3) is 0 Å². The Morgan fingerprint density at radius 3 is 2.75 bits per heavy atom. The summed E-state index contributed by atoms with van der Waals surface area (Å²) in [5.74, 6) is 0. The van der Waals surface area contributed by atoms with Gasteiger partial charge < -0.3 is 5.32 Å². The molecule has 0 aliphatic carbocycles. The van der Waals surface area contributed by atoms with E-state index in [0.717, 1.165) is 0 Å². The molecule has 1 aromatic rings. The van der Waals surface area contributed by atoms with Crippen LogP contribution in [0.4, 0.5) is 5.69 Å². The van der Waals surface area contributed by atoms with Gasteiger partial charge in [0, 0.05) is 16.6 Å². The van der Waals surface area contributed by atoms with E-state index in [1.54, 1.807) is 11.8 Å².